The highest BCUT2D eigenvalue weighted by Gasteiger charge is 2.21. The third-order valence-electron chi connectivity index (χ3n) is 4.13. The van der Waals surface area contributed by atoms with E-state index in [-0.39, 0.29) is 12.0 Å². The topological polar surface area (TPSA) is 67.0 Å². The Morgan fingerprint density at radius 3 is 3.05 bits per heavy atom. The second-order valence-electron chi connectivity index (χ2n) is 5.66. The van der Waals surface area contributed by atoms with Crippen molar-refractivity contribution in [3.8, 4) is 0 Å². The van der Waals surface area contributed by atoms with Gasteiger partial charge in [-0.05, 0) is 50.3 Å². The maximum absolute atomic E-state index is 12.0. The number of carbonyl (C=O) groups is 1. The highest BCUT2D eigenvalue weighted by Crippen LogP contribution is 2.19. The van der Waals surface area contributed by atoms with Crippen LogP contribution in [0.1, 0.15) is 36.2 Å². The van der Waals surface area contributed by atoms with Gasteiger partial charge in [0.1, 0.15) is 11.9 Å². The monoisotopic (exact) mass is 287 g/mol. The first-order valence-corrected chi connectivity index (χ1v) is 7.49. The van der Waals surface area contributed by atoms with Crippen molar-refractivity contribution in [3.05, 3.63) is 29.1 Å². The van der Waals surface area contributed by atoms with Crippen molar-refractivity contribution in [2.24, 2.45) is 0 Å². The molecule has 21 heavy (non-hydrogen) atoms. The van der Waals surface area contributed by atoms with E-state index in [1.165, 1.54) is 11.1 Å². The molecule has 3 rings (SSSR count). The molecule has 0 radical (unpaired) electrons. The van der Waals surface area contributed by atoms with Crippen LogP contribution in [0.4, 0.5) is 0 Å². The van der Waals surface area contributed by atoms with E-state index >= 15 is 0 Å². The summed E-state index contributed by atoms with van der Waals surface area (Å²) in [5.74, 6) is 0.742. The van der Waals surface area contributed by atoms with E-state index in [0.717, 1.165) is 36.1 Å². The molecule has 1 amide bonds. The smallest absolute Gasteiger partial charge is 0.249 e. The van der Waals surface area contributed by atoms with Crippen LogP contribution >= 0.6 is 0 Å². The average Bonchev–Trinajstić information content (AvgIpc) is 2.93. The molecule has 1 unspecified atom stereocenters. The maximum atomic E-state index is 12.0. The maximum Gasteiger partial charge on any atom is 0.249 e. The van der Waals surface area contributed by atoms with Crippen LogP contribution in [0.15, 0.2) is 12.1 Å². The molecule has 1 aromatic heterocycles. The molecule has 2 heterocycles. The molecule has 2 aromatic rings. The Kier molecular flexibility index (Phi) is 3.92. The molecule has 2 N–H and O–H groups in total. The number of aromatic nitrogens is 2. The van der Waals surface area contributed by atoms with Crippen molar-refractivity contribution >= 4 is 16.9 Å². The number of fused-ring (bicyclic) bond motifs is 1. The van der Waals surface area contributed by atoms with E-state index in [1.54, 1.807) is 0 Å². The molecule has 1 aliphatic rings. The normalized spacial score (nSPS) is 18.9. The number of nitrogens with one attached hydrogen (secondary N) is 2. The second-order valence-corrected chi connectivity index (χ2v) is 5.66. The number of benzene rings is 1. The lowest BCUT2D eigenvalue weighted by atomic mass is 10.1. The van der Waals surface area contributed by atoms with Gasteiger partial charge in [0.05, 0.1) is 17.6 Å². The Hall–Kier alpha value is -1.88. The zero-order chi connectivity index (χ0) is 14.8. The third kappa shape index (κ3) is 2.93. The van der Waals surface area contributed by atoms with Gasteiger partial charge in [0.2, 0.25) is 5.91 Å². The molecule has 1 saturated heterocycles. The molecule has 1 aromatic carbocycles. The number of aryl methyl sites for hydroxylation is 2. The fourth-order valence-corrected chi connectivity index (χ4v) is 2.68. The number of nitrogens with zero attached hydrogens (tertiary/aromatic N) is 1. The van der Waals surface area contributed by atoms with E-state index in [2.05, 4.69) is 35.2 Å². The fraction of sp³-hybridized carbons (Fsp3) is 0.500. The molecule has 0 aliphatic carbocycles. The first kappa shape index (κ1) is 14.1. The molecule has 1 fully saturated rings. The van der Waals surface area contributed by atoms with Crippen LogP contribution in [0.3, 0.4) is 0 Å². The van der Waals surface area contributed by atoms with Gasteiger partial charge >= 0.3 is 0 Å². The van der Waals surface area contributed by atoms with Gasteiger partial charge in [-0.3, -0.25) is 4.79 Å². The number of imidazole rings is 1. The molecule has 5 nitrogen and oxygen atoms in total. The molecule has 5 heteroatoms. The minimum Gasteiger partial charge on any atom is -0.368 e. The number of amides is 1. The van der Waals surface area contributed by atoms with E-state index in [1.807, 2.05) is 6.07 Å². The molecule has 112 valence electrons. The van der Waals surface area contributed by atoms with Crippen molar-refractivity contribution in [2.45, 2.75) is 45.8 Å². The number of aromatic amines is 1. The summed E-state index contributed by atoms with van der Waals surface area (Å²) in [4.78, 5) is 19.9. The van der Waals surface area contributed by atoms with Crippen molar-refractivity contribution in [3.63, 3.8) is 0 Å². The molecule has 1 aliphatic heterocycles. The summed E-state index contributed by atoms with van der Waals surface area (Å²) in [6.45, 7) is 5.23. The first-order valence-electron chi connectivity index (χ1n) is 7.49. The average molecular weight is 287 g/mol. The fourth-order valence-electron chi connectivity index (χ4n) is 2.68. The van der Waals surface area contributed by atoms with Gasteiger partial charge < -0.3 is 15.0 Å². The van der Waals surface area contributed by atoms with Crippen LogP contribution in [0.5, 0.6) is 0 Å². The van der Waals surface area contributed by atoms with Crippen LogP contribution < -0.4 is 5.32 Å². The zero-order valence-corrected chi connectivity index (χ0v) is 12.5. The lowest BCUT2D eigenvalue weighted by Crippen LogP contribution is -2.38. The Labute approximate surface area is 124 Å². The molecule has 1 atom stereocenters. The van der Waals surface area contributed by atoms with Gasteiger partial charge in [0.25, 0.3) is 0 Å². The van der Waals surface area contributed by atoms with Gasteiger partial charge in [0.15, 0.2) is 0 Å². The van der Waals surface area contributed by atoms with Gasteiger partial charge in [-0.15, -0.1) is 0 Å². The Morgan fingerprint density at radius 1 is 1.43 bits per heavy atom. The van der Waals surface area contributed by atoms with Gasteiger partial charge in [-0.2, -0.15) is 0 Å². The van der Waals surface area contributed by atoms with E-state index in [4.69, 9.17) is 4.74 Å². The van der Waals surface area contributed by atoms with Gasteiger partial charge in [-0.25, -0.2) is 4.98 Å². The summed E-state index contributed by atoms with van der Waals surface area (Å²) >= 11 is 0. The Balaban J connectivity index is 1.68. The lowest BCUT2D eigenvalue weighted by molar-refractivity contribution is -0.135. The quantitative estimate of drug-likeness (QED) is 0.910. The van der Waals surface area contributed by atoms with E-state index in [9.17, 15) is 4.79 Å². The predicted molar refractivity (Wildman–Crippen MR) is 81.0 cm³/mol. The number of hydrogen-bond acceptors (Lipinski definition) is 3. The number of ether oxygens (including phenoxy) is 1. The number of carbonyl (C=O) groups excluding carboxylic acids is 1. The molecular weight excluding hydrogens is 266 g/mol. The van der Waals surface area contributed by atoms with Gasteiger partial charge in [0, 0.05) is 6.61 Å². The largest absolute Gasteiger partial charge is 0.368 e. The summed E-state index contributed by atoms with van der Waals surface area (Å²) in [6.07, 6.45) is 2.62. The number of H-pyrrole nitrogens is 1. The molecular formula is C16H21N3O2. The second kappa shape index (κ2) is 5.85. The Bertz CT molecular complexity index is 657. The Morgan fingerprint density at radius 2 is 2.29 bits per heavy atom. The zero-order valence-electron chi connectivity index (χ0n) is 12.5. The summed E-state index contributed by atoms with van der Waals surface area (Å²) < 4.78 is 5.48. The lowest BCUT2D eigenvalue weighted by Gasteiger charge is -2.21. The molecule has 0 spiro atoms. The summed E-state index contributed by atoms with van der Waals surface area (Å²) in [5, 5.41) is 2.91. The van der Waals surface area contributed by atoms with Crippen LogP contribution in [0, 0.1) is 13.8 Å². The summed E-state index contributed by atoms with van der Waals surface area (Å²) in [7, 11) is 0. The minimum atomic E-state index is -0.299. The third-order valence-corrected chi connectivity index (χ3v) is 4.13. The summed E-state index contributed by atoms with van der Waals surface area (Å²) in [6, 6.07) is 4.11. The van der Waals surface area contributed by atoms with Crippen molar-refractivity contribution in [1.82, 2.24) is 15.3 Å². The van der Waals surface area contributed by atoms with Crippen LogP contribution in [0.25, 0.3) is 11.0 Å². The number of rotatable bonds is 3. The van der Waals surface area contributed by atoms with Crippen LogP contribution in [-0.4, -0.2) is 28.6 Å². The molecule has 0 bridgehead atoms. The van der Waals surface area contributed by atoms with E-state index in [0.29, 0.717) is 13.2 Å². The van der Waals surface area contributed by atoms with Crippen molar-refractivity contribution < 1.29 is 9.53 Å². The highest BCUT2D eigenvalue weighted by molar-refractivity contribution is 5.81. The van der Waals surface area contributed by atoms with Crippen LogP contribution in [0.2, 0.25) is 0 Å². The predicted octanol–water partition coefficient (Wildman–Crippen LogP) is 2.37. The SMILES string of the molecule is Cc1ccc2[nH]c(CNC(=O)C3CCCCO3)nc2c1C. The summed E-state index contributed by atoms with van der Waals surface area (Å²) in [5.41, 5.74) is 4.39. The van der Waals surface area contributed by atoms with Crippen molar-refractivity contribution in [1.29, 1.82) is 0 Å². The van der Waals surface area contributed by atoms with Crippen molar-refractivity contribution in [2.75, 3.05) is 6.61 Å². The number of hydrogen-bond donors (Lipinski definition) is 2. The molecule has 0 saturated carbocycles. The highest BCUT2D eigenvalue weighted by atomic mass is 16.5. The van der Waals surface area contributed by atoms with Crippen LogP contribution in [-0.2, 0) is 16.1 Å². The first-order chi connectivity index (χ1) is 10.1. The standard InChI is InChI=1S/C16H21N3O2/c1-10-6-7-12-15(11(10)2)19-14(18-12)9-17-16(20)13-5-3-4-8-21-13/h6-7,13H,3-5,8-9H2,1-2H3,(H,17,20)(H,18,19). The minimum absolute atomic E-state index is 0.0388. The van der Waals surface area contributed by atoms with Gasteiger partial charge in [-0.1, -0.05) is 6.07 Å². The van der Waals surface area contributed by atoms with E-state index < -0.39 is 0 Å².